The lowest BCUT2D eigenvalue weighted by atomic mass is 9.94. The number of likely N-dealkylation sites (tertiary alicyclic amines) is 1. The van der Waals surface area contributed by atoms with E-state index >= 15 is 0 Å². The molecule has 2 fully saturated rings. The predicted octanol–water partition coefficient (Wildman–Crippen LogP) is 2.42. The third kappa shape index (κ3) is 4.57. The van der Waals surface area contributed by atoms with Gasteiger partial charge in [0, 0.05) is 12.6 Å². The number of esters is 1. The fourth-order valence-electron chi connectivity index (χ4n) is 3.37. The maximum Gasteiger partial charge on any atom is 0.310 e. The Morgan fingerprint density at radius 1 is 1.28 bits per heavy atom. The molecular formula is C19H25FN2O3. The van der Waals surface area contributed by atoms with Crippen LogP contribution in [0, 0.1) is 11.7 Å². The summed E-state index contributed by atoms with van der Waals surface area (Å²) in [6.45, 7) is 3.37. The maximum atomic E-state index is 13.3. The van der Waals surface area contributed by atoms with Gasteiger partial charge in [-0.1, -0.05) is 12.1 Å². The van der Waals surface area contributed by atoms with E-state index in [4.69, 9.17) is 4.74 Å². The van der Waals surface area contributed by atoms with Gasteiger partial charge in [-0.05, 0) is 56.8 Å². The highest BCUT2D eigenvalue weighted by atomic mass is 19.1. The molecule has 2 atom stereocenters. The van der Waals surface area contributed by atoms with E-state index in [0.29, 0.717) is 13.2 Å². The molecule has 2 aliphatic rings. The highest BCUT2D eigenvalue weighted by Crippen LogP contribution is 2.29. The lowest BCUT2D eigenvalue weighted by Gasteiger charge is -2.37. The molecule has 1 aromatic carbocycles. The summed E-state index contributed by atoms with van der Waals surface area (Å²) in [5.41, 5.74) is 0.754. The van der Waals surface area contributed by atoms with Gasteiger partial charge in [0.05, 0.1) is 12.5 Å². The summed E-state index contributed by atoms with van der Waals surface area (Å²) in [6, 6.07) is 5.81. The van der Waals surface area contributed by atoms with Crippen LogP contribution in [-0.4, -0.2) is 42.5 Å². The Kier molecular flexibility index (Phi) is 5.68. The number of piperidine rings is 1. The summed E-state index contributed by atoms with van der Waals surface area (Å²) >= 11 is 0. The number of nitrogens with one attached hydrogen (secondary N) is 1. The Labute approximate surface area is 147 Å². The van der Waals surface area contributed by atoms with E-state index < -0.39 is 6.04 Å². The molecule has 25 heavy (non-hydrogen) atoms. The fourth-order valence-corrected chi connectivity index (χ4v) is 3.37. The van der Waals surface area contributed by atoms with Crippen molar-refractivity contribution in [3.63, 3.8) is 0 Å². The molecule has 0 spiro atoms. The Bertz CT molecular complexity index is 616. The Balaban J connectivity index is 1.78. The van der Waals surface area contributed by atoms with Crippen molar-refractivity contribution in [3.8, 4) is 0 Å². The Hall–Kier alpha value is -1.95. The lowest BCUT2D eigenvalue weighted by molar-refractivity contribution is -0.151. The van der Waals surface area contributed by atoms with Crippen LogP contribution < -0.4 is 5.32 Å². The number of rotatable bonds is 6. The minimum Gasteiger partial charge on any atom is -0.466 e. The van der Waals surface area contributed by atoms with Crippen LogP contribution in [0.15, 0.2) is 24.3 Å². The van der Waals surface area contributed by atoms with Gasteiger partial charge in [0.25, 0.3) is 0 Å². The summed E-state index contributed by atoms with van der Waals surface area (Å²) < 4.78 is 18.4. The van der Waals surface area contributed by atoms with Crippen LogP contribution in [0.25, 0.3) is 0 Å². The number of benzene rings is 1. The number of ether oxygens (including phenoxy) is 1. The molecule has 1 saturated carbocycles. The smallest absolute Gasteiger partial charge is 0.310 e. The van der Waals surface area contributed by atoms with Crippen LogP contribution in [-0.2, 0) is 14.3 Å². The zero-order valence-corrected chi connectivity index (χ0v) is 14.5. The molecule has 1 heterocycles. The standard InChI is InChI=1S/C19H25FN2O3/c1-2-25-19(24)14-4-3-11-22(12-14)17(18(23)21-16-9-10-16)13-5-7-15(20)8-6-13/h5-8,14,16-17H,2-4,9-12H2,1H3,(H,21,23). The van der Waals surface area contributed by atoms with E-state index in [1.54, 1.807) is 19.1 Å². The average molecular weight is 348 g/mol. The molecule has 0 radical (unpaired) electrons. The van der Waals surface area contributed by atoms with Crippen molar-refractivity contribution in [2.75, 3.05) is 19.7 Å². The molecule has 1 N–H and O–H groups in total. The minimum atomic E-state index is -0.501. The number of carbonyl (C=O) groups is 2. The first-order valence-electron chi connectivity index (χ1n) is 9.05. The number of hydrogen-bond acceptors (Lipinski definition) is 4. The van der Waals surface area contributed by atoms with Crippen molar-refractivity contribution < 1.29 is 18.7 Å². The van der Waals surface area contributed by atoms with Crippen LogP contribution >= 0.6 is 0 Å². The molecule has 1 aromatic rings. The fraction of sp³-hybridized carbons (Fsp3) is 0.579. The van der Waals surface area contributed by atoms with Crippen LogP contribution in [0.3, 0.4) is 0 Å². The van der Waals surface area contributed by atoms with E-state index in [-0.39, 0.29) is 29.7 Å². The Morgan fingerprint density at radius 3 is 2.64 bits per heavy atom. The van der Waals surface area contributed by atoms with Crippen molar-refractivity contribution in [1.82, 2.24) is 10.2 Å². The second-order valence-electron chi connectivity index (χ2n) is 6.82. The van der Waals surface area contributed by atoms with Crippen LogP contribution in [0.1, 0.15) is 44.2 Å². The zero-order valence-electron chi connectivity index (χ0n) is 14.5. The van der Waals surface area contributed by atoms with Gasteiger partial charge in [0.15, 0.2) is 0 Å². The third-order valence-corrected chi connectivity index (χ3v) is 4.80. The first-order valence-corrected chi connectivity index (χ1v) is 9.05. The largest absolute Gasteiger partial charge is 0.466 e. The molecule has 6 heteroatoms. The van der Waals surface area contributed by atoms with Gasteiger partial charge in [0.2, 0.25) is 5.91 Å². The van der Waals surface area contributed by atoms with Gasteiger partial charge >= 0.3 is 5.97 Å². The highest BCUT2D eigenvalue weighted by molar-refractivity contribution is 5.84. The molecule has 1 saturated heterocycles. The zero-order chi connectivity index (χ0) is 17.8. The van der Waals surface area contributed by atoms with E-state index in [1.165, 1.54) is 12.1 Å². The highest BCUT2D eigenvalue weighted by Gasteiger charge is 2.36. The van der Waals surface area contributed by atoms with E-state index in [2.05, 4.69) is 5.32 Å². The normalized spacial score (nSPS) is 22.2. The average Bonchev–Trinajstić information content (AvgIpc) is 3.41. The minimum absolute atomic E-state index is 0.0707. The molecular weight excluding hydrogens is 323 g/mol. The molecule has 0 bridgehead atoms. The van der Waals surface area contributed by atoms with E-state index in [9.17, 15) is 14.0 Å². The SMILES string of the molecule is CCOC(=O)C1CCCN(C(C(=O)NC2CC2)c2ccc(F)cc2)C1. The summed E-state index contributed by atoms with van der Waals surface area (Å²) in [6.07, 6.45) is 3.62. The topological polar surface area (TPSA) is 58.6 Å². The molecule has 5 nitrogen and oxygen atoms in total. The van der Waals surface area contributed by atoms with E-state index in [0.717, 1.165) is 37.8 Å². The summed E-state index contributed by atoms with van der Waals surface area (Å²) in [5, 5.41) is 3.04. The molecule has 136 valence electrons. The molecule has 0 aromatic heterocycles. The molecule has 1 aliphatic heterocycles. The molecule has 2 unspecified atom stereocenters. The van der Waals surface area contributed by atoms with Crippen LogP contribution in [0.5, 0.6) is 0 Å². The summed E-state index contributed by atoms with van der Waals surface area (Å²) in [4.78, 5) is 26.9. The quantitative estimate of drug-likeness (QED) is 0.802. The second kappa shape index (κ2) is 7.95. The molecule has 1 aliphatic carbocycles. The van der Waals surface area contributed by atoms with Gasteiger partial charge in [0.1, 0.15) is 11.9 Å². The van der Waals surface area contributed by atoms with Gasteiger partial charge in [-0.2, -0.15) is 0 Å². The van der Waals surface area contributed by atoms with Gasteiger partial charge in [-0.3, -0.25) is 14.5 Å². The Morgan fingerprint density at radius 2 is 2.00 bits per heavy atom. The van der Waals surface area contributed by atoms with Gasteiger partial charge in [-0.25, -0.2) is 4.39 Å². The molecule has 3 rings (SSSR count). The van der Waals surface area contributed by atoms with Crippen molar-refractivity contribution in [2.45, 2.75) is 44.7 Å². The predicted molar refractivity (Wildman–Crippen MR) is 91.2 cm³/mol. The first-order chi connectivity index (χ1) is 12.1. The number of nitrogens with zero attached hydrogens (tertiary/aromatic N) is 1. The van der Waals surface area contributed by atoms with Crippen molar-refractivity contribution in [1.29, 1.82) is 0 Å². The van der Waals surface area contributed by atoms with Crippen molar-refractivity contribution >= 4 is 11.9 Å². The third-order valence-electron chi connectivity index (χ3n) is 4.80. The summed E-state index contributed by atoms with van der Waals surface area (Å²) in [5.74, 6) is -0.815. The van der Waals surface area contributed by atoms with E-state index in [1.807, 2.05) is 4.90 Å². The van der Waals surface area contributed by atoms with Crippen LogP contribution in [0.4, 0.5) is 4.39 Å². The van der Waals surface area contributed by atoms with Gasteiger partial charge < -0.3 is 10.1 Å². The van der Waals surface area contributed by atoms with Gasteiger partial charge in [-0.15, -0.1) is 0 Å². The first kappa shape index (κ1) is 17.9. The van der Waals surface area contributed by atoms with Crippen LogP contribution in [0.2, 0.25) is 0 Å². The van der Waals surface area contributed by atoms with Crippen molar-refractivity contribution in [2.24, 2.45) is 5.92 Å². The summed E-state index contributed by atoms with van der Waals surface area (Å²) in [7, 11) is 0. The van der Waals surface area contributed by atoms with Crippen molar-refractivity contribution in [3.05, 3.63) is 35.6 Å². The lowest BCUT2D eigenvalue weighted by Crippen LogP contribution is -2.47. The number of halogens is 1. The number of carbonyl (C=O) groups excluding carboxylic acids is 2. The molecule has 1 amide bonds. The second-order valence-corrected chi connectivity index (χ2v) is 6.82. The monoisotopic (exact) mass is 348 g/mol. The number of hydrogen-bond donors (Lipinski definition) is 1. The number of amides is 1. The maximum absolute atomic E-state index is 13.3.